The van der Waals surface area contributed by atoms with E-state index < -0.39 is 8.07 Å². The van der Waals surface area contributed by atoms with Crippen LogP contribution in [0.15, 0.2) is 79.1 Å². The van der Waals surface area contributed by atoms with Crippen molar-refractivity contribution in [2.75, 3.05) is 0 Å². The summed E-state index contributed by atoms with van der Waals surface area (Å²) < 4.78 is 8.60. The molecule has 4 aromatic heterocycles. The maximum Gasteiger partial charge on any atom is 2.00 e. The maximum absolute atomic E-state index is 6.47. The monoisotopic (exact) mass is 719 g/mol. The van der Waals surface area contributed by atoms with E-state index in [0.29, 0.717) is 11.6 Å². The van der Waals surface area contributed by atoms with Crippen molar-refractivity contribution < 1.29 is 25.8 Å². The van der Waals surface area contributed by atoms with Crippen LogP contribution < -0.4 is 15.2 Å². The molecular weight excluding hydrogens is 692 g/mol. The topological polar surface area (TPSA) is 52.8 Å². The van der Waals surface area contributed by atoms with E-state index in [-0.39, 0.29) is 26.5 Å². The number of hydrogen-bond donors (Lipinski definition) is 0. The van der Waals surface area contributed by atoms with E-state index in [4.69, 9.17) is 19.7 Å². The van der Waals surface area contributed by atoms with E-state index in [2.05, 4.69) is 93.0 Å². The van der Waals surface area contributed by atoms with Crippen LogP contribution in [0.3, 0.4) is 0 Å². The Balaban J connectivity index is 0.00000289. The minimum absolute atomic E-state index is 0. The Morgan fingerprint density at radius 3 is 2.50 bits per heavy atom. The third kappa shape index (κ3) is 4.13. The smallest absolute Gasteiger partial charge is 0.460 e. The fourth-order valence-electron chi connectivity index (χ4n) is 5.64. The Hall–Kier alpha value is -3.60. The molecule has 5 heterocycles. The first-order chi connectivity index (χ1) is 18.7. The first kappa shape index (κ1) is 26.6. The molecule has 0 saturated carbocycles. The molecule has 0 bridgehead atoms. The number of pyridine rings is 3. The number of aromatic nitrogens is 4. The molecule has 200 valence electrons. The first-order valence-electron chi connectivity index (χ1n) is 13.2. The molecule has 40 heavy (non-hydrogen) atoms. The third-order valence-electron chi connectivity index (χ3n) is 7.71. The average molecular weight is 720 g/mol. The molecule has 2 aromatic carbocycles. The molecule has 1 aliphatic rings. The summed E-state index contributed by atoms with van der Waals surface area (Å²) in [4.78, 5) is 14.5. The van der Waals surface area contributed by atoms with Gasteiger partial charge in [-0.15, -0.1) is 24.3 Å². The Labute approximate surface area is 249 Å². The second kappa shape index (κ2) is 9.50. The van der Waals surface area contributed by atoms with E-state index in [1.54, 1.807) is 0 Å². The molecular formula is C33H28N4OPtSi. The van der Waals surface area contributed by atoms with Crippen LogP contribution in [0.5, 0.6) is 11.6 Å². The van der Waals surface area contributed by atoms with Crippen LogP contribution >= 0.6 is 0 Å². The van der Waals surface area contributed by atoms with Gasteiger partial charge in [0.1, 0.15) is 11.5 Å². The summed E-state index contributed by atoms with van der Waals surface area (Å²) >= 11 is 0. The number of hydrogen-bond acceptors (Lipinski definition) is 4. The predicted octanol–water partition coefficient (Wildman–Crippen LogP) is 6.46. The molecule has 7 heteroatoms. The van der Waals surface area contributed by atoms with E-state index >= 15 is 0 Å². The molecule has 6 aromatic rings. The van der Waals surface area contributed by atoms with Crippen LogP contribution in [0.4, 0.5) is 0 Å². The molecule has 0 amide bonds. The predicted molar refractivity (Wildman–Crippen MR) is 159 cm³/mol. The summed E-state index contributed by atoms with van der Waals surface area (Å²) in [5.74, 6) is 1.94. The summed E-state index contributed by atoms with van der Waals surface area (Å²) in [5.41, 5.74) is 5.04. The summed E-state index contributed by atoms with van der Waals surface area (Å²) in [6.45, 7) is 11.3. The van der Waals surface area contributed by atoms with Crippen molar-refractivity contribution in [3.05, 3.63) is 96.8 Å². The Morgan fingerprint density at radius 1 is 0.875 bits per heavy atom. The van der Waals surface area contributed by atoms with Gasteiger partial charge in [-0.3, -0.25) is 4.57 Å². The standard InChI is InChI=1S/C33H28N4OSi.Pt/c1-33(2,3)21-18-29(37-27-13-7-6-10-23(27)24-11-8-16-34-31(24)37)36-30(19-21)38-22-14-15-28-26(20-22)25-12-9-17-35-32(25)39(28,4)5;/h6-11,13-19H,1-5H3;/q-2;+2. The number of benzene rings is 2. The molecule has 7 rings (SSSR count). The van der Waals surface area contributed by atoms with Gasteiger partial charge in [0, 0.05) is 36.9 Å². The van der Waals surface area contributed by atoms with Gasteiger partial charge in [0.05, 0.1) is 5.52 Å². The van der Waals surface area contributed by atoms with Gasteiger partial charge < -0.3 is 9.72 Å². The number of fused-ring (bicyclic) bond motifs is 6. The quantitative estimate of drug-likeness (QED) is 0.156. The zero-order valence-corrected chi connectivity index (χ0v) is 26.3. The van der Waals surface area contributed by atoms with Crippen LogP contribution in [-0.2, 0) is 26.5 Å². The molecule has 1 aliphatic heterocycles. The molecule has 0 radical (unpaired) electrons. The zero-order chi connectivity index (χ0) is 26.9. The van der Waals surface area contributed by atoms with E-state index in [0.717, 1.165) is 49.8 Å². The fraction of sp³-hybridized carbons (Fsp3) is 0.182. The number of nitrogens with zero attached hydrogens (tertiary/aromatic N) is 4. The molecule has 0 fully saturated rings. The fourth-order valence-corrected chi connectivity index (χ4v) is 8.43. The zero-order valence-electron chi connectivity index (χ0n) is 23.0. The van der Waals surface area contributed by atoms with Gasteiger partial charge in [-0.05, 0) is 35.2 Å². The van der Waals surface area contributed by atoms with E-state index in [1.165, 1.54) is 5.19 Å². The van der Waals surface area contributed by atoms with Crippen LogP contribution in [0.1, 0.15) is 26.3 Å². The molecule has 0 saturated heterocycles. The maximum atomic E-state index is 6.47. The summed E-state index contributed by atoms with van der Waals surface area (Å²) in [7, 11) is -1.88. The van der Waals surface area contributed by atoms with Crippen molar-refractivity contribution in [3.63, 3.8) is 0 Å². The summed E-state index contributed by atoms with van der Waals surface area (Å²) in [6.07, 6.45) is 3.67. The van der Waals surface area contributed by atoms with Crippen molar-refractivity contribution >= 4 is 40.5 Å². The van der Waals surface area contributed by atoms with Crippen LogP contribution in [0.2, 0.25) is 13.1 Å². The largest absolute Gasteiger partial charge is 2.00 e. The molecule has 0 N–H and O–H groups in total. The molecule has 0 spiro atoms. The normalized spacial score (nSPS) is 13.6. The van der Waals surface area contributed by atoms with Gasteiger partial charge in [0.2, 0.25) is 5.88 Å². The molecule has 0 aliphatic carbocycles. The van der Waals surface area contributed by atoms with Gasteiger partial charge in [0.25, 0.3) is 0 Å². The SMILES string of the molecule is CC(C)(C)c1cc(Oc2[c-]c3c(cc2)[Si](C)(C)c2ncc[c-]c2-3)nc(-n2c3ccccc3c3cccnc32)c1.[Pt+2]. The molecule has 0 unspecified atom stereocenters. The first-order valence-corrected chi connectivity index (χ1v) is 16.2. The minimum Gasteiger partial charge on any atom is -0.460 e. The number of para-hydroxylation sites is 1. The second-order valence-corrected chi connectivity index (χ2v) is 15.9. The Kier molecular flexibility index (Phi) is 6.32. The summed E-state index contributed by atoms with van der Waals surface area (Å²) in [6, 6.07) is 29.6. The minimum atomic E-state index is -1.88. The van der Waals surface area contributed by atoms with Gasteiger partial charge in [-0.25, -0.2) is 16.1 Å². The van der Waals surface area contributed by atoms with Crippen molar-refractivity contribution in [1.29, 1.82) is 0 Å². The van der Waals surface area contributed by atoms with Crippen molar-refractivity contribution in [2.24, 2.45) is 0 Å². The van der Waals surface area contributed by atoms with Crippen molar-refractivity contribution in [3.8, 4) is 28.6 Å². The Morgan fingerprint density at radius 2 is 1.68 bits per heavy atom. The van der Waals surface area contributed by atoms with Gasteiger partial charge in [-0.1, -0.05) is 63.6 Å². The van der Waals surface area contributed by atoms with E-state index in [9.17, 15) is 0 Å². The van der Waals surface area contributed by atoms with E-state index in [1.807, 2.05) is 36.7 Å². The van der Waals surface area contributed by atoms with Crippen LogP contribution in [0, 0.1) is 12.1 Å². The van der Waals surface area contributed by atoms with Crippen LogP contribution in [-0.4, -0.2) is 27.6 Å². The van der Waals surface area contributed by atoms with Crippen molar-refractivity contribution in [1.82, 2.24) is 19.5 Å². The Bertz CT molecular complexity index is 1870. The van der Waals surface area contributed by atoms with Gasteiger partial charge >= 0.3 is 21.1 Å². The van der Waals surface area contributed by atoms with Crippen molar-refractivity contribution in [2.45, 2.75) is 39.3 Å². The summed E-state index contributed by atoms with van der Waals surface area (Å²) in [5, 5.41) is 4.71. The van der Waals surface area contributed by atoms with Gasteiger partial charge in [0.15, 0.2) is 0 Å². The van der Waals surface area contributed by atoms with Crippen LogP contribution in [0.25, 0.3) is 38.9 Å². The number of rotatable bonds is 3. The average Bonchev–Trinajstić information content (AvgIpc) is 3.37. The number of ether oxygens (including phenoxy) is 1. The molecule has 5 nitrogen and oxygen atoms in total. The van der Waals surface area contributed by atoms with Gasteiger partial charge in [-0.2, -0.15) is 16.2 Å². The third-order valence-corrected chi connectivity index (χ3v) is 11.0. The molecule has 0 atom stereocenters. The second-order valence-electron chi connectivity index (χ2n) is 11.7.